The van der Waals surface area contributed by atoms with Gasteiger partial charge in [0.05, 0.1) is 18.9 Å². The van der Waals surface area contributed by atoms with Crippen LogP contribution in [0.3, 0.4) is 0 Å². The van der Waals surface area contributed by atoms with Crippen LogP contribution in [0.2, 0.25) is 0 Å². The third kappa shape index (κ3) is 5.92. The number of hydrogen-bond donors (Lipinski definition) is 2. The van der Waals surface area contributed by atoms with Gasteiger partial charge < -0.3 is 19.9 Å². The van der Waals surface area contributed by atoms with Gasteiger partial charge in [-0.25, -0.2) is 0 Å². The Morgan fingerprint density at radius 2 is 1.73 bits per heavy atom. The van der Waals surface area contributed by atoms with E-state index in [9.17, 15) is 9.59 Å². The fourth-order valence-corrected chi connectivity index (χ4v) is 4.32. The molecule has 2 amide bonds. The summed E-state index contributed by atoms with van der Waals surface area (Å²) >= 11 is 1.30. The molecular formula is C24H29N5O3S. The first kappa shape index (κ1) is 24.3. The highest BCUT2D eigenvalue weighted by Crippen LogP contribution is 2.24. The van der Waals surface area contributed by atoms with Crippen molar-refractivity contribution >= 4 is 29.3 Å². The number of hydrogen-bond acceptors (Lipinski definition) is 6. The topological polar surface area (TPSA) is 98.1 Å². The van der Waals surface area contributed by atoms with Crippen LogP contribution in [0.5, 0.6) is 5.75 Å². The molecular weight excluding hydrogens is 438 g/mol. The van der Waals surface area contributed by atoms with Gasteiger partial charge >= 0.3 is 0 Å². The smallest absolute Gasteiger partial charge is 0.251 e. The second-order valence-corrected chi connectivity index (χ2v) is 8.88. The van der Waals surface area contributed by atoms with Crippen molar-refractivity contribution < 1.29 is 14.3 Å². The Bertz CT molecular complexity index is 1130. The molecule has 3 aromatic rings. The quantitative estimate of drug-likeness (QED) is 0.487. The third-order valence-electron chi connectivity index (χ3n) is 5.23. The standard InChI is InChI=1S/C24H29N5O3S/c1-14-11-15(2)21(16(3)12-14)26-20(30)13-33-24-28-27-22(29(24)5)17(4)25-23(31)18-7-9-19(32-6)10-8-18/h7-12,17H,13H2,1-6H3,(H,25,31)(H,26,30)/t17-/m1/s1. The lowest BCUT2D eigenvalue weighted by Crippen LogP contribution is -2.28. The fourth-order valence-electron chi connectivity index (χ4n) is 3.60. The summed E-state index contributed by atoms with van der Waals surface area (Å²) < 4.78 is 6.91. The second kappa shape index (κ2) is 10.5. The highest BCUT2D eigenvalue weighted by atomic mass is 32.2. The predicted molar refractivity (Wildman–Crippen MR) is 130 cm³/mol. The first-order valence-electron chi connectivity index (χ1n) is 10.5. The van der Waals surface area contributed by atoms with Gasteiger partial charge in [0.25, 0.3) is 5.91 Å². The molecule has 8 nitrogen and oxygen atoms in total. The molecule has 3 rings (SSSR count). The number of thioether (sulfide) groups is 1. The number of benzene rings is 2. The van der Waals surface area contributed by atoms with Gasteiger partial charge in [-0.1, -0.05) is 29.5 Å². The van der Waals surface area contributed by atoms with Gasteiger partial charge in [-0.15, -0.1) is 10.2 Å². The number of amides is 2. The van der Waals surface area contributed by atoms with E-state index in [2.05, 4.69) is 20.8 Å². The molecule has 1 heterocycles. The van der Waals surface area contributed by atoms with E-state index in [4.69, 9.17) is 4.74 Å². The first-order chi connectivity index (χ1) is 15.7. The maximum absolute atomic E-state index is 12.5. The molecule has 0 saturated carbocycles. The molecule has 1 aromatic heterocycles. The largest absolute Gasteiger partial charge is 0.497 e. The van der Waals surface area contributed by atoms with E-state index < -0.39 is 0 Å². The minimum absolute atomic E-state index is 0.111. The number of rotatable bonds is 8. The number of aryl methyl sites for hydroxylation is 3. The monoisotopic (exact) mass is 467 g/mol. The molecule has 0 unspecified atom stereocenters. The van der Waals surface area contributed by atoms with Crippen LogP contribution >= 0.6 is 11.8 Å². The summed E-state index contributed by atoms with van der Waals surface area (Å²) in [5, 5.41) is 14.9. The van der Waals surface area contributed by atoms with E-state index in [0.717, 1.165) is 22.4 Å². The van der Waals surface area contributed by atoms with Gasteiger partial charge in [-0.05, 0) is 63.1 Å². The highest BCUT2D eigenvalue weighted by Gasteiger charge is 2.19. The van der Waals surface area contributed by atoms with Gasteiger partial charge in [0.15, 0.2) is 11.0 Å². The van der Waals surface area contributed by atoms with Crippen molar-refractivity contribution in [2.24, 2.45) is 7.05 Å². The van der Waals surface area contributed by atoms with Crippen molar-refractivity contribution in [3.05, 3.63) is 64.5 Å². The summed E-state index contributed by atoms with van der Waals surface area (Å²) in [7, 11) is 3.40. The van der Waals surface area contributed by atoms with Gasteiger partial charge in [0, 0.05) is 18.3 Å². The number of carbonyl (C=O) groups is 2. The minimum Gasteiger partial charge on any atom is -0.497 e. The molecule has 0 fully saturated rings. The lowest BCUT2D eigenvalue weighted by Gasteiger charge is -2.14. The van der Waals surface area contributed by atoms with E-state index in [1.165, 1.54) is 11.8 Å². The predicted octanol–water partition coefficient (Wildman–Crippen LogP) is 3.97. The summed E-state index contributed by atoms with van der Waals surface area (Å²) in [6.07, 6.45) is 0. The third-order valence-corrected chi connectivity index (χ3v) is 6.25. The summed E-state index contributed by atoms with van der Waals surface area (Å²) in [5.41, 5.74) is 4.61. The summed E-state index contributed by atoms with van der Waals surface area (Å²) in [5.74, 6) is 1.16. The zero-order valence-electron chi connectivity index (χ0n) is 19.7. The van der Waals surface area contributed by atoms with Crippen LogP contribution < -0.4 is 15.4 Å². The minimum atomic E-state index is -0.363. The van der Waals surface area contributed by atoms with Crippen LogP contribution in [-0.4, -0.2) is 39.4 Å². The van der Waals surface area contributed by atoms with Crippen LogP contribution in [0.25, 0.3) is 0 Å². The van der Waals surface area contributed by atoms with E-state index in [0.29, 0.717) is 22.3 Å². The molecule has 0 spiro atoms. The SMILES string of the molecule is COc1ccc(C(=O)N[C@H](C)c2nnc(SCC(=O)Nc3c(C)cc(C)cc3C)n2C)cc1. The maximum atomic E-state index is 12.5. The molecule has 174 valence electrons. The molecule has 1 atom stereocenters. The number of nitrogens with one attached hydrogen (secondary N) is 2. The Labute approximate surface area is 198 Å². The molecule has 2 aromatic carbocycles. The van der Waals surface area contributed by atoms with Crippen molar-refractivity contribution in [3.8, 4) is 5.75 Å². The Morgan fingerprint density at radius 3 is 2.33 bits per heavy atom. The molecule has 2 N–H and O–H groups in total. The number of carbonyl (C=O) groups excluding carboxylic acids is 2. The second-order valence-electron chi connectivity index (χ2n) is 7.93. The number of methoxy groups -OCH3 is 1. The highest BCUT2D eigenvalue weighted by molar-refractivity contribution is 7.99. The average molecular weight is 468 g/mol. The molecule has 0 saturated heterocycles. The normalized spacial score (nSPS) is 11.7. The lowest BCUT2D eigenvalue weighted by atomic mass is 10.1. The molecule has 33 heavy (non-hydrogen) atoms. The fraction of sp³-hybridized carbons (Fsp3) is 0.333. The Hall–Kier alpha value is -3.33. The van der Waals surface area contributed by atoms with Crippen molar-refractivity contribution in [2.75, 3.05) is 18.2 Å². The lowest BCUT2D eigenvalue weighted by molar-refractivity contribution is -0.113. The number of nitrogens with zero attached hydrogens (tertiary/aromatic N) is 3. The van der Waals surface area contributed by atoms with Gasteiger partial charge in [-0.3, -0.25) is 9.59 Å². The van der Waals surface area contributed by atoms with E-state index in [-0.39, 0.29) is 23.6 Å². The van der Waals surface area contributed by atoms with Gasteiger partial charge in [0.1, 0.15) is 5.75 Å². The van der Waals surface area contributed by atoms with Gasteiger partial charge in [0.2, 0.25) is 5.91 Å². The molecule has 0 bridgehead atoms. The van der Waals surface area contributed by atoms with Crippen molar-refractivity contribution in [1.82, 2.24) is 20.1 Å². The summed E-state index contributed by atoms with van der Waals surface area (Å²) in [6.45, 7) is 7.85. The summed E-state index contributed by atoms with van der Waals surface area (Å²) in [4.78, 5) is 25.1. The van der Waals surface area contributed by atoms with Crippen LogP contribution in [-0.2, 0) is 11.8 Å². The van der Waals surface area contributed by atoms with Gasteiger partial charge in [-0.2, -0.15) is 0 Å². The summed E-state index contributed by atoms with van der Waals surface area (Å²) in [6, 6.07) is 10.6. The molecule has 9 heteroatoms. The average Bonchev–Trinajstić information content (AvgIpc) is 3.15. The van der Waals surface area contributed by atoms with Crippen LogP contribution in [0.1, 0.15) is 45.8 Å². The van der Waals surface area contributed by atoms with Crippen molar-refractivity contribution in [2.45, 2.75) is 38.9 Å². The maximum Gasteiger partial charge on any atom is 0.251 e. The number of ether oxygens (including phenoxy) is 1. The van der Waals surface area contributed by atoms with E-state index in [1.54, 1.807) is 35.9 Å². The first-order valence-corrected chi connectivity index (χ1v) is 11.5. The van der Waals surface area contributed by atoms with Crippen molar-refractivity contribution in [3.63, 3.8) is 0 Å². The number of aromatic nitrogens is 3. The Kier molecular flexibility index (Phi) is 7.75. The Morgan fingerprint density at radius 1 is 1.09 bits per heavy atom. The molecule has 0 radical (unpaired) electrons. The zero-order chi connectivity index (χ0) is 24.1. The van der Waals surface area contributed by atoms with Crippen molar-refractivity contribution in [1.29, 1.82) is 0 Å². The van der Waals surface area contributed by atoms with E-state index >= 15 is 0 Å². The van der Waals surface area contributed by atoms with Crippen LogP contribution in [0, 0.1) is 20.8 Å². The molecule has 0 aliphatic carbocycles. The zero-order valence-corrected chi connectivity index (χ0v) is 20.5. The number of anilines is 1. The van der Waals surface area contributed by atoms with E-state index in [1.807, 2.05) is 46.9 Å². The molecule has 0 aliphatic heterocycles. The van der Waals surface area contributed by atoms with Crippen LogP contribution in [0.15, 0.2) is 41.6 Å². The Balaban J connectivity index is 1.59. The molecule has 0 aliphatic rings. The van der Waals surface area contributed by atoms with Crippen LogP contribution in [0.4, 0.5) is 5.69 Å².